The number of carbonyl (C=O) groups is 5. The average Bonchev–Trinajstić information content (AvgIpc) is 3.30. The van der Waals surface area contributed by atoms with Crippen LogP contribution in [0.2, 0.25) is 0 Å². The van der Waals surface area contributed by atoms with E-state index in [1.165, 1.54) is 0 Å². The van der Waals surface area contributed by atoms with Crippen LogP contribution in [0.4, 0.5) is 23.7 Å². The highest BCUT2D eigenvalue weighted by Gasteiger charge is 2.64. The molecule has 1 aromatic rings. The van der Waals surface area contributed by atoms with Crippen molar-refractivity contribution in [1.29, 1.82) is 0 Å². The number of allylic oxidation sites excluding steroid dienone is 1. The molecule has 4 atom stereocenters. The van der Waals surface area contributed by atoms with Gasteiger partial charge in [0.15, 0.2) is 17.1 Å². The molecule has 3 aliphatic carbocycles. The predicted octanol–water partition coefficient (Wildman–Crippen LogP) is 3.15. The summed E-state index contributed by atoms with van der Waals surface area (Å²) in [7, 11) is 0. The second-order valence-electron chi connectivity index (χ2n) is 13.0. The zero-order chi connectivity index (χ0) is 37.0. The van der Waals surface area contributed by atoms with Gasteiger partial charge < -0.3 is 35.8 Å². The summed E-state index contributed by atoms with van der Waals surface area (Å²) < 4.78 is 45.7. The second-order valence-corrected chi connectivity index (χ2v) is 13.0. The minimum atomic E-state index is -5.33. The van der Waals surface area contributed by atoms with Gasteiger partial charge in [0.2, 0.25) is 5.78 Å². The molecule has 4 amide bonds. The molecule has 0 radical (unpaired) electrons. The number of nitrogens with zero attached hydrogens (tertiary/aromatic N) is 3. The maximum absolute atomic E-state index is 14.3. The van der Waals surface area contributed by atoms with Crippen molar-refractivity contribution in [3.8, 4) is 11.5 Å². The van der Waals surface area contributed by atoms with Gasteiger partial charge in [-0.1, -0.05) is 27.2 Å². The summed E-state index contributed by atoms with van der Waals surface area (Å²) in [5, 5.41) is 46.5. The highest BCUT2D eigenvalue weighted by Crippen LogP contribution is 2.55. The fourth-order valence-electron chi connectivity index (χ4n) is 7.76. The maximum atomic E-state index is 14.3. The summed E-state index contributed by atoms with van der Waals surface area (Å²) in [5.41, 5.74) is -1.23. The van der Waals surface area contributed by atoms with E-state index in [2.05, 4.69) is 4.74 Å². The van der Waals surface area contributed by atoms with Crippen molar-refractivity contribution in [2.24, 2.45) is 17.6 Å². The molecule has 1 saturated heterocycles. The quantitative estimate of drug-likeness (QED) is 0.166. The number of fused-ring (bicyclic) bond motifs is 3. The lowest BCUT2D eigenvalue weighted by Crippen LogP contribution is -2.64. The Morgan fingerprint density at radius 1 is 1.08 bits per heavy atom. The average molecular weight is 709 g/mol. The highest BCUT2D eigenvalue weighted by molar-refractivity contribution is 6.25. The number of ether oxygens (including phenoxy) is 1. The van der Waals surface area contributed by atoms with Gasteiger partial charge in [-0.3, -0.25) is 24.1 Å². The number of imide groups is 1. The van der Waals surface area contributed by atoms with E-state index in [0.29, 0.717) is 49.7 Å². The Labute approximate surface area is 284 Å². The molecule has 0 aromatic heterocycles. The van der Waals surface area contributed by atoms with Gasteiger partial charge in [-0.2, -0.15) is 0 Å². The molecule has 1 aromatic carbocycles. The van der Waals surface area contributed by atoms with Gasteiger partial charge in [-0.05, 0) is 51.1 Å². The molecule has 0 saturated carbocycles. The number of phenols is 1. The third kappa shape index (κ3) is 5.75. The summed E-state index contributed by atoms with van der Waals surface area (Å²) in [6.45, 7) is 5.76. The molecule has 6 N–H and O–H groups in total. The number of amides is 4. The zero-order valence-electron chi connectivity index (χ0n) is 27.7. The number of hydrogen-bond acceptors (Lipinski definition) is 11. The minimum Gasteiger partial charge on any atom is -0.510 e. The van der Waals surface area contributed by atoms with Gasteiger partial charge in [0.25, 0.3) is 11.8 Å². The number of phenolic OH excluding ortho intramolecular Hbond substituents is 1. The normalized spacial score (nSPS) is 25.4. The topological polar surface area (TPSA) is 211 Å². The van der Waals surface area contributed by atoms with Crippen LogP contribution in [-0.2, 0) is 20.8 Å². The molecule has 1 heterocycles. The van der Waals surface area contributed by atoms with Crippen LogP contribution in [-0.4, -0.2) is 104 Å². The number of ketones is 2. The molecule has 0 bridgehead atoms. The Kier molecular flexibility index (Phi) is 9.70. The number of alkyl halides is 3. The highest BCUT2D eigenvalue weighted by atomic mass is 19.4. The molecule has 4 aliphatic rings. The number of hydrogen-bond donors (Lipinski definition) is 5. The molecule has 0 spiro atoms. The number of unbranched alkanes of at least 4 members (excludes halogenated alkanes) is 1. The lowest BCUT2D eigenvalue weighted by Gasteiger charge is -2.51. The van der Waals surface area contributed by atoms with Crippen molar-refractivity contribution in [3.05, 3.63) is 39.9 Å². The summed E-state index contributed by atoms with van der Waals surface area (Å²) in [4.78, 5) is 69.9. The summed E-state index contributed by atoms with van der Waals surface area (Å²) in [6.07, 6.45) is -3.99. The van der Waals surface area contributed by atoms with Crippen LogP contribution >= 0.6 is 0 Å². The van der Waals surface area contributed by atoms with Crippen LogP contribution < -0.4 is 15.4 Å². The Hall–Kier alpha value is -4.64. The van der Waals surface area contributed by atoms with E-state index in [1.54, 1.807) is 4.90 Å². The van der Waals surface area contributed by atoms with E-state index in [4.69, 9.17) is 5.73 Å². The Morgan fingerprint density at radius 2 is 1.72 bits per heavy atom. The molecule has 14 nitrogen and oxygen atoms in total. The molecule has 5 rings (SSSR count). The number of aromatic hydroxyl groups is 1. The van der Waals surface area contributed by atoms with E-state index in [-0.39, 0.29) is 13.0 Å². The van der Waals surface area contributed by atoms with Crippen molar-refractivity contribution in [1.82, 2.24) is 9.80 Å². The number of halogens is 3. The van der Waals surface area contributed by atoms with Crippen LogP contribution in [0.3, 0.4) is 0 Å². The molecule has 17 heteroatoms. The van der Waals surface area contributed by atoms with Crippen molar-refractivity contribution >= 4 is 35.1 Å². The van der Waals surface area contributed by atoms with E-state index >= 15 is 0 Å². The first-order valence-corrected chi connectivity index (χ1v) is 16.4. The molecule has 1 aliphatic heterocycles. The van der Waals surface area contributed by atoms with Gasteiger partial charge in [0, 0.05) is 29.7 Å². The zero-order valence-corrected chi connectivity index (χ0v) is 27.7. The van der Waals surface area contributed by atoms with Crippen LogP contribution in [0, 0.1) is 11.8 Å². The van der Waals surface area contributed by atoms with E-state index in [1.807, 2.05) is 20.8 Å². The molecule has 0 unspecified atom stereocenters. The van der Waals surface area contributed by atoms with Crippen LogP contribution in [0.25, 0.3) is 0 Å². The lowest BCUT2D eigenvalue weighted by molar-refractivity contribution is -0.275. The monoisotopic (exact) mass is 708 g/mol. The van der Waals surface area contributed by atoms with Crippen LogP contribution in [0.15, 0.2) is 28.7 Å². The third-order valence-corrected chi connectivity index (χ3v) is 9.81. The number of Topliss-reactive ketones (excluding diaryl/α,β-unsaturated/α-hetero) is 2. The number of carbonyl (C=O) groups excluding carboxylic acids is 5. The molecule has 272 valence electrons. The first-order valence-electron chi connectivity index (χ1n) is 16.4. The lowest BCUT2D eigenvalue weighted by atomic mass is 9.58. The largest absolute Gasteiger partial charge is 0.573 e. The molecular weight excluding hydrogens is 669 g/mol. The SMILES string of the molecule is CCCCN1CC(=O)N(c2cc(OC(F)(F)F)c3c(c2O)C(=O)C2=C(O)[C@]4(O)C(=O)C(C(N)=O)=C(O)[C@@H](N(CCC)CCC)[C@@H]4C[C@@H]2C3)C1=O. The van der Waals surface area contributed by atoms with Gasteiger partial charge in [0.05, 0.1) is 17.3 Å². The van der Waals surface area contributed by atoms with E-state index in [0.717, 1.165) is 4.90 Å². The first kappa shape index (κ1) is 36.6. The standard InChI is InChI=1S/C33H39F3N4O10/c1-4-7-10-39-14-20(41)40(31(39)48)18-13-19(50-33(34,35)36)16-11-15-12-17-24(38(8-5-2)9-6-3)27(44)23(30(37)47)29(46)32(17,49)28(45)21(15)26(43)22(16)25(18)42/h13,15,17,24,42,44-45,49H,4-12,14H2,1-3H3,(H2,37,47)/t15-,17-,24-,32-/m0/s1. The first-order chi connectivity index (χ1) is 23.4. The number of primary amides is 1. The third-order valence-electron chi connectivity index (χ3n) is 9.81. The molecular formula is C33H39F3N4O10. The predicted molar refractivity (Wildman–Crippen MR) is 168 cm³/mol. The molecule has 50 heavy (non-hydrogen) atoms. The number of aliphatic hydroxyl groups is 3. The smallest absolute Gasteiger partial charge is 0.510 e. The number of urea groups is 1. The van der Waals surface area contributed by atoms with Gasteiger partial charge in [-0.15, -0.1) is 13.2 Å². The summed E-state index contributed by atoms with van der Waals surface area (Å²) >= 11 is 0. The van der Waals surface area contributed by atoms with E-state index < -0.39 is 123 Å². The number of aliphatic hydroxyl groups excluding tert-OH is 2. The van der Waals surface area contributed by atoms with Crippen molar-refractivity contribution < 1.29 is 62.3 Å². The minimum absolute atomic E-state index is 0.135. The summed E-state index contributed by atoms with van der Waals surface area (Å²) in [5.74, 6) is -11.7. The molecule has 1 fully saturated rings. The van der Waals surface area contributed by atoms with Crippen molar-refractivity contribution in [2.45, 2.75) is 77.3 Å². The van der Waals surface area contributed by atoms with Gasteiger partial charge in [0.1, 0.15) is 29.4 Å². The Morgan fingerprint density at radius 3 is 2.28 bits per heavy atom. The fourth-order valence-corrected chi connectivity index (χ4v) is 7.76. The summed E-state index contributed by atoms with van der Waals surface area (Å²) in [6, 6.07) is -1.58. The van der Waals surface area contributed by atoms with Crippen molar-refractivity contribution in [2.75, 3.05) is 31.1 Å². The maximum Gasteiger partial charge on any atom is 0.573 e. The number of anilines is 1. The second kappa shape index (κ2) is 13.2. The fraction of sp³-hybridized carbons (Fsp3) is 0.545. The number of rotatable bonds is 11. The van der Waals surface area contributed by atoms with Crippen LogP contribution in [0.1, 0.15) is 68.8 Å². The van der Waals surface area contributed by atoms with Crippen molar-refractivity contribution in [3.63, 3.8) is 0 Å². The van der Waals surface area contributed by atoms with Gasteiger partial charge in [-0.25, -0.2) is 9.69 Å². The Balaban J connectivity index is 1.72. The Bertz CT molecular complexity index is 1720. The number of benzene rings is 1. The van der Waals surface area contributed by atoms with Crippen LogP contribution in [0.5, 0.6) is 11.5 Å². The van der Waals surface area contributed by atoms with Gasteiger partial charge >= 0.3 is 12.4 Å². The van der Waals surface area contributed by atoms with E-state index in [9.17, 15) is 57.6 Å². The number of nitrogens with two attached hydrogens (primary N) is 1.